The van der Waals surface area contributed by atoms with Crippen molar-refractivity contribution in [3.05, 3.63) is 35.9 Å². The number of hydrogen-bond acceptors (Lipinski definition) is 4. The Labute approximate surface area is 148 Å². The van der Waals surface area contributed by atoms with Crippen LogP contribution in [0.4, 0.5) is 4.79 Å². The van der Waals surface area contributed by atoms with Crippen molar-refractivity contribution in [1.29, 1.82) is 0 Å². The van der Waals surface area contributed by atoms with Crippen LogP contribution in [-0.4, -0.2) is 37.5 Å². The van der Waals surface area contributed by atoms with Gasteiger partial charge in [0.15, 0.2) is 0 Å². The molecule has 0 fully saturated rings. The highest BCUT2D eigenvalue weighted by atomic mass is 16.5. The Balaban J connectivity index is 1.93. The predicted molar refractivity (Wildman–Crippen MR) is 94.8 cm³/mol. The third-order valence-corrected chi connectivity index (χ3v) is 3.38. The first-order valence-corrected chi connectivity index (χ1v) is 8.53. The maximum atomic E-state index is 11.5. The maximum Gasteiger partial charge on any atom is 0.407 e. The molecular formula is C18H27N3O4. The van der Waals surface area contributed by atoms with Crippen LogP contribution in [0, 0.1) is 0 Å². The van der Waals surface area contributed by atoms with Crippen molar-refractivity contribution in [1.82, 2.24) is 16.0 Å². The first-order chi connectivity index (χ1) is 12.1. The van der Waals surface area contributed by atoms with Crippen molar-refractivity contribution in [3.63, 3.8) is 0 Å². The Hall–Kier alpha value is -2.57. The van der Waals surface area contributed by atoms with Gasteiger partial charge in [0, 0.05) is 33.0 Å². The number of alkyl carbamates (subject to hydrolysis) is 1. The molecule has 7 heteroatoms. The second kappa shape index (κ2) is 12.8. The van der Waals surface area contributed by atoms with E-state index in [1.165, 1.54) is 6.92 Å². The molecule has 0 saturated heterocycles. The van der Waals surface area contributed by atoms with Gasteiger partial charge in [-0.1, -0.05) is 36.8 Å². The predicted octanol–water partition coefficient (Wildman–Crippen LogP) is 1.73. The molecule has 0 atom stereocenters. The molecule has 3 N–H and O–H groups in total. The van der Waals surface area contributed by atoms with Crippen molar-refractivity contribution in [2.24, 2.45) is 0 Å². The Morgan fingerprint density at radius 1 is 0.880 bits per heavy atom. The zero-order valence-corrected chi connectivity index (χ0v) is 14.7. The standard InChI is InChI=1S/C18H27N3O4/c1-15(22)19-12-13-20-17(23)10-6-3-7-11-21-18(24)25-14-16-8-4-2-5-9-16/h2,4-5,8-9H,3,6-7,10-14H2,1H3,(H,19,22)(H,20,23)(H,21,24). The Kier molecular flexibility index (Phi) is 10.5. The first kappa shape index (κ1) is 20.5. The summed E-state index contributed by atoms with van der Waals surface area (Å²) in [5, 5.41) is 8.04. The average molecular weight is 349 g/mol. The summed E-state index contributed by atoms with van der Waals surface area (Å²) in [6.07, 6.45) is 2.41. The fourth-order valence-corrected chi connectivity index (χ4v) is 2.08. The topological polar surface area (TPSA) is 96.5 Å². The summed E-state index contributed by atoms with van der Waals surface area (Å²) < 4.78 is 5.10. The molecule has 1 rings (SSSR count). The van der Waals surface area contributed by atoms with E-state index in [1.807, 2.05) is 30.3 Å². The van der Waals surface area contributed by atoms with Crippen molar-refractivity contribution >= 4 is 17.9 Å². The van der Waals surface area contributed by atoms with E-state index in [1.54, 1.807) is 0 Å². The fraction of sp³-hybridized carbons (Fsp3) is 0.500. The molecule has 1 aromatic carbocycles. The number of nitrogens with one attached hydrogen (secondary N) is 3. The number of carbonyl (C=O) groups excluding carboxylic acids is 3. The molecule has 3 amide bonds. The van der Waals surface area contributed by atoms with Crippen LogP contribution in [0.25, 0.3) is 0 Å². The number of hydrogen-bond donors (Lipinski definition) is 3. The van der Waals surface area contributed by atoms with Crippen LogP contribution < -0.4 is 16.0 Å². The maximum absolute atomic E-state index is 11.5. The van der Waals surface area contributed by atoms with Crippen LogP contribution in [-0.2, 0) is 20.9 Å². The van der Waals surface area contributed by atoms with Gasteiger partial charge >= 0.3 is 6.09 Å². The van der Waals surface area contributed by atoms with E-state index >= 15 is 0 Å². The van der Waals surface area contributed by atoms with Crippen molar-refractivity contribution < 1.29 is 19.1 Å². The van der Waals surface area contributed by atoms with Crippen molar-refractivity contribution in [2.45, 2.75) is 39.2 Å². The molecule has 0 unspecified atom stereocenters. The molecule has 0 heterocycles. The quantitative estimate of drug-likeness (QED) is 0.530. The SMILES string of the molecule is CC(=O)NCCNC(=O)CCCCCNC(=O)OCc1ccccc1. The minimum absolute atomic E-state index is 0.0272. The third kappa shape index (κ3) is 11.6. The molecule has 0 aliphatic rings. The van der Waals surface area contributed by atoms with Crippen LogP contribution in [0.15, 0.2) is 30.3 Å². The number of amides is 3. The first-order valence-electron chi connectivity index (χ1n) is 8.53. The Morgan fingerprint density at radius 2 is 1.60 bits per heavy atom. The van der Waals surface area contributed by atoms with E-state index in [-0.39, 0.29) is 18.4 Å². The monoisotopic (exact) mass is 349 g/mol. The van der Waals surface area contributed by atoms with Crippen LogP contribution in [0.3, 0.4) is 0 Å². The number of benzene rings is 1. The van der Waals surface area contributed by atoms with Crippen LogP contribution in [0.1, 0.15) is 38.2 Å². The zero-order valence-electron chi connectivity index (χ0n) is 14.7. The molecule has 0 aromatic heterocycles. The smallest absolute Gasteiger partial charge is 0.407 e. The highest BCUT2D eigenvalue weighted by Crippen LogP contribution is 2.01. The molecule has 0 radical (unpaired) electrons. The minimum atomic E-state index is -0.431. The van der Waals surface area contributed by atoms with E-state index in [0.29, 0.717) is 26.1 Å². The van der Waals surface area contributed by atoms with Gasteiger partial charge in [0.2, 0.25) is 11.8 Å². The molecule has 0 spiro atoms. The normalized spacial score (nSPS) is 9.96. The van der Waals surface area contributed by atoms with Crippen molar-refractivity contribution in [3.8, 4) is 0 Å². The summed E-state index contributed by atoms with van der Waals surface area (Å²) >= 11 is 0. The van der Waals surface area contributed by atoms with Gasteiger partial charge < -0.3 is 20.7 Å². The summed E-state index contributed by atoms with van der Waals surface area (Å²) in [4.78, 5) is 33.7. The molecule has 1 aromatic rings. The molecule has 0 aliphatic heterocycles. The number of rotatable bonds is 11. The number of unbranched alkanes of at least 4 members (excludes halogenated alkanes) is 2. The molecule has 0 aliphatic carbocycles. The molecule has 0 saturated carbocycles. The lowest BCUT2D eigenvalue weighted by atomic mass is 10.2. The summed E-state index contributed by atoms with van der Waals surface area (Å²) in [5.41, 5.74) is 0.946. The fourth-order valence-electron chi connectivity index (χ4n) is 2.08. The Bertz CT molecular complexity index is 534. The van der Waals surface area contributed by atoms with Crippen LogP contribution >= 0.6 is 0 Å². The van der Waals surface area contributed by atoms with E-state index in [0.717, 1.165) is 24.8 Å². The lowest BCUT2D eigenvalue weighted by Crippen LogP contribution is -2.33. The minimum Gasteiger partial charge on any atom is -0.445 e. The third-order valence-electron chi connectivity index (χ3n) is 3.38. The molecular weight excluding hydrogens is 322 g/mol. The van der Waals surface area contributed by atoms with Gasteiger partial charge in [-0.25, -0.2) is 4.79 Å². The van der Waals surface area contributed by atoms with E-state index in [4.69, 9.17) is 4.74 Å². The lowest BCUT2D eigenvalue weighted by Gasteiger charge is -2.07. The largest absolute Gasteiger partial charge is 0.445 e. The molecule has 7 nitrogen and oxygen atoms in total. The summed E-state index contributed by atoms with van der Waals surface area (Å²) in [5.74, 6) is -0.135. The number of carbonyl (C=O) groups is 3. The van der Waals surface area contributed by atoms with Crippen LogP contribution in [0.2, 0.25) is 0 Å². The molecule has 138 valence electrons. The summed E-state index contributed by atoms with van der Waals surface area (Å²) in [6.45, 7) is 3.10. The number of ether oxygens (including phenoxy) is 1. The van der Waals surface area contributed by atoms with Gasteiger partial charge in [0.1, 0.15) is 6.61 Å². The second-order valence-corrected chi connectivity index (χ2v) is 5.63. The van der Waals surface area contributed by atoms with Gasteiger partial charge in [-0.2, -0.15) is 0 Å². The van der Waals surface area contributed by atoms with Crippen molar-refractivity contribution in [2.75, 3.05) is 19.6 Å². The van der Waals surface area contributed by atoms with E-state index in [9.17, 15) is 14.4 Å². The van der Waals surface area contributed by atoms with Gasteiger partial charge in [0.05, 0.1) is 0 Å². The van der Waals surface area contributed by atoms with Crippen LogP contribution in [0.5, 0.6) is 0 Å². The Morgan fingerprint density at radius 3 is 2.32 bits per heavy atom. The van der Waals surface area contributed by atoms with Gasteiger partial charge in [-0.3, -0.25) is 9.59 Å². The summed E-state index contributed by atoms with van der Waals surface area (Å²) in [6, 6.07) is 9.50. The van der Waals surface area contributed by atoms with Gasteiger partial charge in [-0.05, 0) is 18.4 Å². The zero-order chi connectivity index (χ0) is 18.3. The van der Waals surface area contributed by atoms with E-state index in [2.05, 4.69) is 16.0 Å². The molecule has 0 bridgehead atoms. The van der Waals surface area contributed by atoms with Gasteiger partial charge in [0.25, 0.3) is 0 Å². The summed E-state index contributed by atoms with van der Waals surface area (Å²) in [7, 11) is 0. The van der Waals surface area contributed by atoms with E-state index < -0.39 is 6.09 Å². The average Bonchev–Trinajstić information content (AvgIpc) is 2.60. The highest BCUT2D eigenvalue weighted by molar-refractivity contribution is 5.76. The molecule has 25 heavy (non-hydrogen) atoms. The lowest BCUT2D eigenvalue weighted by molar-refractivity contribution is -0.122. The second-order valence-electron chi connectivity index (χ2n) is 5.63. The van der Waals surface area contributed by atoms with Gasteiger partial charge in [-0.15, -0.1) is 0 Å². The highest BCUT2D eigenvalue weighted by Gasteiger charge is 2.03.